The van der Waals surface area contributed by atoms with Gasteiger partial charge < -0.3 is 10.1 Å². The lowest BCUT2D eigenvalue weighted by atomic mass is 10.2. The largest absolute Gasteiger partial charge is 0.380 e. The molecule has 0 aliphatic heterocycles. The van der Waals surface area contributed by atoms with Crippen molar-refractivity contribution in [1.29, 1.82) is 0 Å². The van der Waals surface area contributed by atoms with Crippen LogP contribution in [0.2, 0.25) is 0 Å². The van der Waals surface area contributed by atoms with Crippen molar-refractivity contribution in [2.75, 3.05) is 12.4 Å². The van der Waals surface area contributed by atoms with Gasteiger partial charge in [-0.05, 0) is 6.07 Å². The molecule has 0 bridgehead atoms. The molecule has 0 spiro atoms. The molecule has 2 rings (SSSR count). The summed E-state index contributed by atoms with van der Waals surface area (Å²) in [7, 11) is 3.55. The van der Waals surface area contributed by atoms with Gasteiger partial charge in [0, 0.05) is 31.6 Å². The summed E-state index contributed by atoms with van der Waals surface area (Å²) >= 11 is 0. The number of hydrogen-bond acceptors (Lipinski definition) is 4. The van der Waals surface area contributed by atoms with Crippen molar-refractivity contribution in [2.45, 2.75) is 13.2 Å². The van der Waals surface area contributed by atoms with Gasteiger partial charge in [0.1, 0.15) is 5.69 Å². The highest BCUT2D eigenvalue weighted by molar-refractivity contribution is 5.50. The lowest BCUT2D eigenvalue weighted by Gasteiger charge is -2.09. The lowest BCUT2D eigenvalue weighted by molar-refractivity contribution is 0.185. The molecule has 5 nitrogen and oxygen atoms in total. The molecular weight excluding hydrogens is 216 g/mol. The topological polar surface area (TPSA) is 52.0 Å². The van der Waals surface area contributed by atoms with Crippen molar-refractivity contribution in [2.24, 2.45) is 7.05 Å². The van der Waals surface area contributed by atoms with Gasteiger partial charge in [0.05, 0.1) is 13.2 Å². The number of hydrogen-bond donors (Lipinski definition) is 1. The van der Waals surface area contributed by atoms with Crippen molar-refractivity contribution in [1.82, 2.24) is 15.0 Å². The fourth-order valence-electron chi connectivity index (χ4n) is 1.64. The van der Waals surface area contributed by atoms with E-state index in [-0.39, 0.29) is 0 Å². The van der Waals surface area contributed by atoms with E-state index in [0.29, 0.717) is 13.2 Å². The van der Waals surface area contributed by atoms with Crippen LogP contribution < -0.4 is 5.32 Å². The number of methoxy groups -OCH3 is 1. The molecule has 90 valence electrons. The molecule has 0 aliphatic rings. The minimum absolute atomic E-state index is 0.601. The first-order valence-electron chi connectivity index (χ1n) is 5.45. The van der Waals surface area contributed by atoms with Crippen molar-refractivity contribution in [3.05, 3.63) is 41.7 Å². The van der Waals surface area contributed by atoms with Gasteiger partial charge >= 0.3 is 0 Å². The normalized spacial score (nSPS) is 10.5. The van der Waals surface area contributed by atoms with Gasteiger partial charge in [-0.2, -0.15) is 0 Å². The highest BCUT2D eigenvalue weighted by atomic mass is 16.5. The first-order chi connectivity index (χ1) is 8.29. The molecule has 2 aromatic rings. The van der Waals surface area contributed by atoms with Crippen LogP contribution in [0.3, 0.4) is 0 Å². The van der Waals surface area contributed by atoms with Crippen LogP contribution in [-0.2, 0) is 24.9 Å². The number of aromatic nitrogens is 3. The standard InChI is InChI=1S/C12H16N4O/c1-16-8-11(14-15-16)7-13-12-6-4-3-5-10(12)9-17-2/h3-6,8,13H,7,9H2,1-2H3. The van der Waals surface area contributed by atoms with E-state index in [4.69, 9.17) is 4.74 Å². The number of nitrogens with one attached hydrogen (secondary N) is 1. The quantitative estimate of drug-likeness (QED) is 0.850. The van der Waals surface area contributed by atoms with Gasteiger partial charge in [-0.15, -0.1) is 5.10 Å². The zero-order valence-electron chi connectivity index (χ0n) is 10.1. The third-order valence-electron chi connectivity index (χ3n) is 2.43. The first kappa shape index (κ1) is 11.6. The van der Waals surface area contributed by atoms with Crippen molar-refractivity contribution in [3.63, 3.8) is 0 Å². The van der Waals surface area contributed by atoms with E-state index in [1.165, 1.54) is 0 Å². The lowest BCUT2D eigenvalue weighted by Crippen LogP contribution is -2.03. The average Bonchev–Trinajstić information content (AvgIpc) is 2.74. The summed E-state index contributed by atoms with van der Waals surface area (Å²) in [6.07, 6.45) is 1.89. The van der Waals surface area contributed by atoms with E-state index >= 15 is 0 Å². The number of ether oxygens (including phenoxy) is 1. The maximum Gasteiger partial charge on any atom is 0.102 e. The van der Waals surface area contributed by atoms with E-state index in [2.05, 4.69) is 15.6 Å². The van der Waals surface area contributed by atoms with Crippen LogP contribution in [0.1, 0.15) is 11.3 Å². The Labute approximate surface area is 100 Å². The summed E-state index contributed by atoms with van der Waals surface area (Å²) in [6, 6.07) is 8.08. The molecule has 1 heterocycles. The second-order valence-corrected chi connectivity index (χ2v) is 3.83. The molecule has 0 saturated heterocycles. The zero-order chi connectivity index (χ0) is 12.1. The maximum atomic E-state index is 5.15. The van der Waals surface area contributed by atoms with Crippen LogP contribution in [0.4, 0.5) is 5.69 Å². The molecule has 0 radical (unpaired) electrons. The van der Waals surface area contributed by atoms with E-state index < -0.39 is 0 Å². The number of anilines is 1. The molecule has 1 aromatic heterocycles. The molecule has 0 atom stereocenters. The summed E-state index contributed by atoms with van der Waals surface area (Å²) in [4.78, 5) is 0. The van der Waals surface area contributed by atoms with E-state index in [1.54, 1.807) is 11.8 Å². The summed E-state index contributed by atoms with van der Waals surface area (Å²) in [5, 5.41) is 11.2. The molecule has 0 aliphatic carbocycles. The van der Waals surface area contributed by atoms with Gasteiger partial charge in [-0.25, -0.2) is 0 Å². The van der Waals surface area contributed by atoms with Crippen molar-refractivity contribution >= 4 is 5.69 Å². The third kappa shape index (κ3) is 3.04. The van der Waals surface area contributed by atoms with Crippen molar-refractivity contribution in [3.8, 4) is 0 Å². The Morgan fingerprint density at radius 1 is 1.35 bits per heavy atom. The van der Waals surface area contributed by atoms with E-state index in [1.807, 2.05) is 37.5 Å². The number of aryl methyl sites for hydroxylation is 1. The number of para-hydroxylation sites is 1. The molecule has 1 aromatic carbocycles. The van der Waals surface area contributed by atoms with Gasteiger partial charge in [-0.3, -0.25) is 4.68 Å². The molecule has 1 N–H and O–H groups in total. The number of nitrogens with zero attached hydrogens (tertiary/aromatic N) is 3. The van der Waals surface area contributed by atoms with Crippen LogP contribution in [-0.4, -0.2) is 22.1 Å². The van der Waals surface area contributed by atoms with Crippen LogP contribution in [0.15, 0.2) is 30.5 Å². The van der Waals surface area contributed by atoms with Crippen LogP contribution in [0.25, 0.3) is 0 Å². The predicted molar refractivity (Wildman–Crippen MR) is 65.5 cm³/mol. The predicted octanol–water partition coefficient (Wildman–Crippen LogP) is 1.57. The number of rotatable bonds is 5. The SMILES string of the molecule is COCc1ccccc1NCc1cn(C)nn1. The third-order valence-corrected chi connectivity index (χ3v) is 2.43. The summed E-state index contributed by atoms with van der Waals surface area (Å²) < 4.78 is 6.85. The van der Waals surface area contributed by atoms with Gasteiger partial charge in [0.25, 0.3) is 0 Å². The minimum atomic E-state index is 0.601. The van der Waals surface area contributed by atoms with E-state index in [9.17, 15) is 0 Å². The molecule has 5 heteroatoms. The minimum Gasteiger partial charge on any atom is -0.380 e. The summed E-state index contributed by atoms with van der Waals surface area (Å²) in [5.74, 6) is 0. The molecular formula is C12H16N4O. The fourth-order valence-corrected chi connectivity index (χ4v) is 1.64. The van der Waals surface area contributed by atoms with Gasteiger partial charge in [0.2, 0.25) is 0 Å². The second kappa shape index (κ2) is 5.45. The van der Waals surface area contributed by atoms with Crippen LogP contribution in [0.5, 0.6) is 0 Å². The highest BCUT2D eigenvalue weighted by Crippen LogP contribution is 2.16. The first-order valence-corrected chi connectivity index (χ1v) is 5.45. The molecule has 0 saturated carbocycles. The summed E-state index contributed by atoms with van der Waals surface area (Å²) in [5.41, 5.74) is 3.12. The Morgan fingerprint density at radius 2 is 2.18 bits per heavy atom. The maximum absolute atomic E-state index is 5.15. The summed E-state index contributed by atoms with van der Waals surface area (Å²) in [6.45, 7) is 1.26. The molecule has 0 fully saturated rings. The monoisotopic (exact) mass is 232 g/mol. The smallest absolute Gasteiger partial charge is 0.102 e. The van der Waals surface area contributed by atoms with Crippen LogP contribution >= 0.6 is 0 Å². The fraction of sp³-hybridized carbons (Fsp3) is 0.333. The van der Waals surface area contributed by atoms with Gasteiger partial charge in [0.15, 0.2) is 0 Å². The van der Waals surface area contributed by atoms with Crippen LogP contribution in [0, 0.1) is 0 Å². The Morgan fingerprint density at radius 3 is 2.88 bits per heavy atom. The highest BCUT2D eigenvalue weighted by Gasteiger charge is 2.02. The zero-order valence-corrected chi connectivity index (χ0v) is 10.1. The van der Waals surface area contributed by atoms with E-state index in [0.717, 1.165) is 16.9 Å². The number of benzene rings is 1. The molecule has 17 heavy (non-hydrogen) atoms. The Balaban J connectivity index is 2.03. The Kier molecular flexibility index (Phi) is 3.72. The average molecular weight is 232 g/mol. The Bertz CT molecular complexity index is 481. The molecule has 0 unspecified atom stereocenters. The second-order valence-electron chi connectivity index (χ2n) is 3.83. The Hall–Kier alpha value is -1.88. The van der Waals surface area contributed by atoms with Crippen molar-refractivity contribution < 1.29 is 4.74 Å². The van der Waals surface area contributed by atoms with Gasteiger partial charge in [-0.1, -0.05) is 23.4 Å². The molecule has 0 amide bonds.